The van der Waals surface area contributed by atoms with Crippen molar-refractivity contribution in [3.8, 4) is 5.69 Å². The quantitative estimate of drug-likeness (QED) is 0.814. The van der Waals surface area contributed by atoms with E-state index in [9.17, 15) is 13.2 Å². The van der Waals surface area contributed by atoms with Crippen molar-refractivity contribution in [2.75, 3.05) is 24.7 Å². The molecule has 1 aromatic heterocycles. The summed E-state index contributed by atoms with van der Waals surface area (Å²) in [6.45, 7) is 3.62. The third-order valence-electron chi connectivity index (χ3n) is 4.30. The second-order valence-corrected chi connectivity index (χ2v) is 8.09. The van der Waals surface area contributed by atoms with Crippen molar-refractivity contribution >= 4 is 33.8 Å². The van der Waals surface area contributed by atoms with Crippen LogP contribution in [0, 0.1) is 11.8 Å². The fourth-order valence-corrected chi connectivity index (χ4v) is 3.48. The van der Waals surface area contributed by atoms with Crippen LogP contribution >= 0.6 is 12.4 Å². The summed E-state index contributed by atoms with van der Waals surface area (Å²) in [6, 6.07) is 6.63. The lowest BCUT2D eigenvalue weighted by Crippen LogP contribution is -2.48. The number of hydrogen-bond donors (Lipinski definition) is 2. The molecule has 1 fully saturated rings. The van der Waals surface area contributed by atoms with Crippen LogP contribution in [0.2, 0.25) is 0 Å². The predicted octanol–water partition coefficient (Wildman–Crippen LogP) is 1.49. The fraction of sp³-hybridized carbons (Fsp3) is 0.375. The van der Waals surface area contributed by atoms with Crippen molar-refractivity contribution in [2.45, 2.75) is 11.8 Å². The Hall–Kier alpha value is -1.90. The van der Waals surface area contributed by atoms with E-state index in [0.717, 1.165) is 19.3 Å². The zero-order chi connectivity index (χ0) is 17.3. The molecule has 1 atom stereocenters. The van der Waals surface area contributed by atoms with Crippen molar-refractivity contribution in [3.05, 3.63) is 36.7 Å². The van der Waals surface area contributed by atoms with E-state index in [4.69, 9.17) is 0 Å². The Balaban J connectivity index is 0.00000225. The molecule has 1 aromatic carbocycles. The molecule has 2 aromatic rings. The first-order valence-corrected chi connectivity index (χ1v) is 9.61. The van der Waals surface area contributed by atoms with E-state index in [0.29, 0.717) is 17.3 Å². The van der Waals surface area contributed by atoms with Gasteiger partial charge in [0.1, 0.15) is 0 Å². The summed E-state index contributed by atoms with van der Waals surface area (Å²) in [6.07, 6.45) is 4.29. The van der Waals surface area contributed by atoms with E-state index in [2.05, 4.69) is 15.7 Å². The molecule has 0 bridgehead atoms. The van der Waals surface area contributed by atoms with E-state index >= 15 is 0 Å². The molecule has 9 heteroatoms. The largest absolute Gasteiger partial charge is 0.323 e. The molecule has 0 radical (unpaired) electrons. The summed E-state index contributed by atoms with van der Waals surface area (Å²) in [5.41, 5.74) is 0.999. The molecule has 0 saturated carbocycles. The molecular weight excluding hydrogens is 364 g/mol. The van der Waals surface area contributed by atoms with Crippen LogP contribution in [0.3, 0.4) is 0 Å². The van der Waals surface area contributed by atoms with Gasteiger partial charge < -0.3 is 10.6 Å². The highest BCUT2D eigenvalue weighted by Gasteiger charge is 2.28. The van der Waals surface area contributed by atoms with Crippen molar-refractivity contribution in [1.82, 2.24) is 15.1 Å². The number of rotatable bonds is 5. The average Bonchev–Trinajstić information content (AvgIpc) is 2.93. The highest BCUT2D eigenvalue weighted by atomic mass is 35.5. The van der Waals surface area contributed by atoms with E-state index in [1.807, 2.05) is 6.92 Å². The van der Waals surface area contributed by atoms with Crippen molar-refractivity contribution < 1.29 is 13.2 Å². The molecule has 0 spiro atoms. The summed E-state index contributed by atoms with van der Waals surface area (Å²) < 4.78 is 25.3. The number of anilines is 1. The van der Waals surface area contributed by atoms with Crippen molar-refractivity contribution in [2.24, 2.45) is 11.8 Å². The molecule has 7 nitrogen and oxygen atoms in total. The van der Waals surface area contributed by atoms with Gasteiger partial charge in [0.25, 0.3) is 0 Å². The van der Waals surface area contributed by atoms with Crippen LogP contribution < -0.4 is 10.6 Å². The molecule has 3 rings (SSSR count). The van der Waals surface area contributed by atoms with Gasteiger partial charge in [-0.15, -0.1) is 12.4 Å². The van der Waals surface area contributed by atoms with E-state index in [1.165, 1.54) is 16.9 Å². The zero-order valence-corrected chi connectivity index (χ0v) is 15.6. The molecule has 1 saturated heterocycles. The number of benzene rings is 1. The zero-order valence-electron chi connectivity index (χ0n) is 14.0. The summed E-state index contributed by atoms with van der Waals surface area (Å²) in [7, 11) is -3.37. The number of amides is 1. The van der Waals surface area contributed by atoms with Gasteiger partial charge in [0.15, 0.2) is 9.84 Å². The van der Waals surface area contributed by atoms with Crippen LogP contribution in [0.4, 0.5) is 5.69 Å². The minimum absolute atomic E-state index is 0. The number of halogens is 1. The Morgan fingerprint density at radius 1 is 1.36 bits per heavy atom. The molecule has 1 aliphatic rings. The highest BCUT2D eigenvalue weighted by molar-refractivity contribution is 7.90. The maximum atomic E-state index is 12.2. The molecule has 1 aliphatic heterocycles. The Morgan fingerprint density at radius 2 is 2.04 bits per heavy atom. The number of hydrogen-bond acceptors (Lipinski definition) is 5. The second-order valence-electron chi connectivity index (χ2n) is 6.11. The Labute approximate surface area is 153 Å². The maximum absolute atomic E-state index is 12.2. The minimum Gasteiger partial charge on any atom is -0.323 e. The van der Waals surface area contributed by atoms with E-state index in [1.54, 1.807) is 24.4 Å². The normalized spacial score (nSPS) is 15.8. The first-order valence-electron chi connectivity index (χ1n) is 7.72. The van der Waals surface area contributed by atoms with Crippen molar-refractivity contribution in [1.29, 1.82) is 0 Å². The Bertz CT molecular complexity index is 862. The van der Waals surface area contributed by atoms with E-state index < -0.39 is 9.84 Å². The third kappa shape index (κ3) is 4.20. The number of nitrogens with zero attached hydrogens (tertiary/aromatic N) is 2. The molecule has 2 heterocycles. The molecule has 1 amide bonds. The average molecular weight is 385 g/mol. The van der Waals surface area contributed by atoms with Gasteiger partial charge in [-0.3, -0.25) is 4.79 Å². The minimum atomic E-state index is -3.37. The van der Waals surface area contributed by atoms with Gasteiger partial charge in [-0.1, -0.05) is 19.1 Å². The van der Waals surface area contributed by atoms with Crippen LogP contribution in [-0.4, -0.2) is 43.5 Å². The maximum Gasteiger partial charge on any atom is 0.227 e. The predicted molar refractivity (Wildman–Crippen MR) is 98.1 cm³/mol. The number of nitrogens with one attached hydrogen (secondary N) is 2. The smallest absolute Gasteiger partial charge is 0.227 e. The van der Waals surface area contributed by atoms with E-state index in [-0.39, 0.29) is 29.1 Å². The second kappa shape index (κ2) is 7.55. The first kappa shape index (κ1) is 19.4. The summed E-state index contributed by atoms with van der Waals surface area (Å²) in [4.78, 5) is 12.4. The number of carbonyl (C=O) groups excluding carboxylic acids is 1. The number of para-hydroxylation sites is 1. The van der Waals surface area contributed by atoms with Crippen LogP contribution in [-0.2, 0) is 14.6 Å². The van der Waals surface area contributed by atoms with Crippen LogP contribution in [0.25, 0.3) is 5.69 Å². The topological polar surface area (TPSA) is 93.1 Å². The van der Waals surface area contributed by atoms with Gasteiger partial charge in [0, 0.05) is 12.2 Å². The van der Waals surface area contributed by atoms with Gasteiger partial charge in [0.2, 0.25) is 5.91 Å². The Kier molecular flexibility index (Phi) is 5.87. The number of aromatic nitrogens is 2. The third-order valence-corrected chi connectivity index (χ3v) is 5.44. The Morgan fingerprint density at radius 3 is 2.64 bits per heavy atom. The lowest BCUT2D eigenvalue weighted by atomic mass is 9.88. The highest BCUT2D eigenvalue weighted by Crippen LogP contribution is 2.22. The standard InChI is InChI=1S/C16H20N4O3S.ClH/c1-11(12-7-17-8-12)16(21)19-13-9-18-20(10-13)14-5-3-4-6-15(14)24(2,22)23;/h3-6,9-12,17H,7-8H2,1-2H3,(H,19,21);1H. The molecule has 25 heavy (non-hydrogen) atoms. The van der Waals surface area contributed by atoms with Gasteiger partial charge in [0.05, 0.1) is 28.7 Å². The van der Waals surface area contributed by atoms with Gasteiger partial charge >= 0.3 is 0 Å². The summed E-state index contributed by atoms with van der Waals surface area (Å²) in [5.74, 6) is 0.210. The lowest BCUT2D eigenvalue weighted by Gasteiger charge is -2.31. The van der Waals surface area contributed by atoms with Gasteiger partial charge in [-0.05, 0) is 31.1 Å². The van der Waals surface area contributed by atoms with Gasteiger partial charge in [-0.25, -0.2) is 13.1 Å². The van der Waals surface area contributed by atoms with Crippen molar-refractivity contribution in [3.63, 3.8) is 0 Å². The monoisotopic (exact) mass is 384 g/mol. The molecule has 2 N–H and O–H groups in total. The summed E-state index contributed by atoms with van der Waals surface area (Å²) in [5, 5.41) is 10.2. The number of carbonyl (C=O) groups is 1. The van der Waals surface area contributed by atoms with Crippen LogP contribution in [0.1, 0.15) is 6.92 Å². The van der Waals surface area contributed by atoms with Gasteiger partial charge in [-0.2, -0.15) is 5.10 Å². The molecular formula is C16H21ClN4O3S. The van der Waals surface area contributed by atoms with Crippen LogP contribution in [0.5, 0.6) is 0 Å². The fourth-order valence-electron chi connectivity index (χ4n) is 2.61. The molecule has 1 unspecified atom stereocenters. The molecule has 0 aliphatic carbocycles. The summed E-state index contributed by atoms with van der Waals surface area (Å²) >= 11 is 0. The number of sulfone groups is 1. The lowest BCUT2D eigenvalue weighted by molar-refractivity contribution is -0.121. The SMILES string of the molecule is CC(C(=O)Nc1cnn(-c2ccccc2S(C)(=O)=O)c1)C1CNC1.Cl. The molecule has 136 valence electrons. The van der Waals surface area contributed by atoms with Crippen LogP contribution in [0.15, 0.2) is 41.6 Å². The first-order chi connectivity index (χ1) is 11.4.